The lowest BCUT2D eigenvalue weighted by Gasteiger charge is -2.07. The molecule has 0 saturated heterocycles. The number of halogens is 7. The van der Waals surface area contributed by atoms with Crippen LogP contribution in [0.4, 0.5) is 4.39 Å². The fourth-order valence-electron chi connectivity index (χ4n) is 17.0. The highest BCUT2D eigenvalue weighted by molar-refractivity contribution is 6.42. The highest BCUT2D eigenvalue weighted by atomic mass is 35.5. The molecule has 0 bridgehead atoms. The van der Waals surface area contributed by atoms with Crippen LogP contribution in [0.15, 0.2) is 322 Å². The first-order valence-electron chi connectivity index (χ1n) is 46.4. The lowest BCUT2D eigenvalue weighted by Crippen LogP contribution is -1.95. The third-order valence-electron chi connectivity index (χ3n) is 24.4. The summed E-state index contributed by atoms with van der Waals surface area (Å²) in [6, 6.07) is 103. The number of hydrogen-bond donors (Lipinski definition) is 0. The van der Waals surface area contributed by atoms with E-state index in [-0.39, 0.29) is 5.82 Å². The molecule has 0 aliphatic heterocycles. The number of ether oxygens (including phenoxy) is 3. The second-order valence-electron chi connectivity index (χ2n) is 34.3. The van der Waals surface area contributed by atoms with Gasteiger partial charge in [-0.1, -0.05) is 323 Å². The summed E-state index contributed by atoms with van der Waals surface area (Å²) in [6.07, 6.45) is 0. The Balaban J connectivity index is 0.000000112. The number of rotatable bonds is 15. The molecule has 148 heavy (non-hydrogen) atoms. The van der Waals surface area contributed by atoms with Gasteiger partial charge in [-0.3, -0.25) is 0 Å². The summed E-state index contributed by atoms with van der Waals surface area (Å²) in [5.41, 5.74) is 27.0. The monoisotopic (exact) mass is 2070 g/mol. The standard InChI is InChI=1S/C20H17ClN4O2.C19H15ClN4O.3C19H15ClN4.C18H12ClFN4/c1-25-20-16(18(24-25)13-5-4-6-15(11-13)27-3)17(21)19(22-23-20)12-7-9-14(26-2)10-8-12;1-24-19-15(17(23-24)13-9-6-10-14(11-13)25-2)16(20)18(21-22-19)12-7-4-3-5-8-12;1-12-7-6-10-14(11-12)17-15-16(20)18(13-8-4-3-5-9-13)21-22-19(15)24(2)23-17;1-12-7-6-10-14(11-12)18-16(20)15-17(13-8-4-3-5-9-13)23-24(2)19(15)22-21-18;1-12-8-10-14(11-9-12)18-16(20)15-17(13-6-4-3-5-7-13)23-24(2)19(15)22-21-18;1-24-18-14(16(23-24)12-7-9-13(20)10-8-12)15(19)17(21-22-18)11-5-3-2-4-6-11/h4-11H,1-3H3;3-11H,1-2H3;3*3-11H,1-2H3;2-10H,1H3. The van der Waals surface area contributed by atoms with Gasteiger partial charge in [0.15, 0.2) is 33.9 Å². The van der Waals surface area contributed by atoms with Gasteiger partial charge in [0.1, 0.15) is 91.4 Å². The van der Waals surface area contributed by atoms with Crippen molar-refractivity contribution < 1.29 is 18.6 Å². The number of methoxy groups -OCH3 is 3. The van der Waals surface area contributed by atoms with E-state index >= 15 is 0 Å². The van der Waals surface area contributed by atoms with Crippen LogP contribution in [0.5, 0.6) is 17.2 Å². The van der Waals surface area contributed by atoms with Gasteiger partial charge in [0, 0.05) is 109 Å². The highest BCUT2D eigenvalue weighted by Gasteiger charge is 2.28. The lowest BCUT2D eigenvalue weighted by molar-refractivity contribution is 0.415. The molecule has 12 heterocycles. The number of hydrogen-bond acceptors (Lipinski definition) is 21. The van der Waals surface area contributed by atoms with Crippen molar-refractivity contribution in [3.63, 3.8) is 0 Å². The van der Waals surface area contributed by atoms with Gasteiger partial charge in [-0.15, -0.1) is 61.2 Å². The molecular formula is C114H89Cl6FN24O3. The van der Waals surface area contributed by atoms with E-state index in [1.54, 1.807) is 68.6 Å². The maximum Gasteiger partial charge on any atom is 0.182 e. The fourth-order valence-corrected chi connectivity index (χ4v) is 19.0. The zero-order valence-corrected chi connectivity index (χ0v) is 86.2. The summed E-state index contributed by atoms with van der Waals surface area (Å²) in [4.78, 5) is 0. The van der Waals surface area contributed by atoms with Crippen LogP contribution in [0.3, 0.4) is 0 Å². The van der Waals surface area contributed by atoms with Crippen molar-refractivity contribution in [2.75, 3.05) is 21.3 Å². The summed E-state index contributed by atoms with van der Waals surface area (Å²) < 4.78 is 39.2. The first-order chi connectivity index (χ1) is 71.9. The second kappa shape index (κ2) is 43.9. The minimum atomic E-state index is -0.296. The van der Waals surface area contributed by atoms with Crippen molar-refractivity contribution in [3.05, 3.63) is 374 Å². The molecule has 0 amide bonds. The normalized spacial score (nSPS) is 11.1. The summed E-state index contributed by atoms with van der Waals surface area (Å²) in [5.74, 6) is 1.98. The molecule has 0 saturated carbocycles. The fraction of sp³-hybridized carbons (Fsp3) is 0.105. The first-order valence-corrected chi connectivity index (χ1v) is 48.7. The van der Waals surface area contributed by atoms with Crippen LogP contribution in [-0.2, 0) is 42.3 Å². The smallest absolute Gasteiger partial charge is 0.182 e. The van der Waals surface area contributed by atoms with Crippen molar-refractivity contribution in [2.24, 2.45) is 42.3 Å². The van der Waals surface area contributed by atoms with Crippen LogP contribution in [0.25, 0.3) is 201 Å². The summed E-state index contributed by atoms with van der Waals surface area (Å²) in [6.45, 7) is 6.16. The van der Waals surface area contributed by atoms with E-state index in [0.29, 0.717) is 109 Å². The van der Waals surface area contributed by atoms with Gasteiger partial charge in [-0.25, -0.2) is 32.5 Å². The summed E-state index contributed by atoms with van der Waals surface area (Å²) in [7, 11) is 15.9. The van der Waals surface area contributed by atoms with Crippen molar-refractivity contribution in [2.45, 2.75) is 20.8 Å². The van der Waals surface area contributed by atoms with E-state index in [4.69, 9.17) is 83.8 Å². The highest BCUT2D eigenvalue weighted by Crippen LogP contribution is 2.46. The molecule has 0 fully saturated rings. The Labute approximate surface area is 878 Å². The van der Waals surface area contributed by atoms with Crippen molar-refractivity contribution in [1.29, 1.82) is 0 Å². The van der Waals surface area contributed by atoms with E-state index in [1.807, 2.05) is 321 Å². The average Bonchev–Trinajstić information content (AvgIpc) is 1.61. The molecule has 12 aromatic carbocycles. The molecule has 0 spiro atoms. The summed E-state index contributed by atoms with van der Waals surface area (Å²) >= 11 is 40.3. The zero-order chi connectivity index (χ0) is 103. The van der Waals surface area contributed by atoms with Gasteiger partial charge in [-0.2, -0.15) is 30.6 Å². The van der Waals surface area contributed by atoms with E-state index in [1.165, 1.54) is 23.3 Å². The lowest BCUT2D eigenvalue weighted by atomic mass is 10.1. The molecular weight excluding hydrogens is 1990 g/mol. The number of aromatic nitrogens is 24. The van der Waals surface area contributed by atoms with Gasteiger partial charge in [0.05, 0.1) is 83.8 Å². The van der Waals surface area contributed by atoms with Gasteiger partial charge in [-0.05, 0) is 106 Å². The Morgan fingerprint density at radius 2 is 0.385 bits per heavy atom. The molecule has 732 valence electrons. The van der Waals surface area contributed by atoms with Crippen molar-refractivity contribution >= 4 is 136 Å². The Bertz CT molecular complexity index is 9000. The third kappa shape index (κ3) is 20.5. The van der Waals surface area contributed by atoms with Crippen molar-refractivity contribution in [1.82, 2.24) is 120 Å². The molecule has 0 atom stereocenters. The van der Waals surface area contributed by atoms with Gasteiger partial charge in [0.25, 0.3) is 0 Å². The van der Waals surface area contributed by atoms with E-state index < -0.39 is 0 Å². The Morgan fingerprint density at radius 1 is 0.189 bits per heavy atom. The topological polar surface area (TPSA) is 289 Å². The number of nitrogens with zero attached hydrogens (tertiary/aromatic N) is 24. The molecule has 0 aliphatic rings. The number of fused-ring (bicyclic) bond motifs is 6. The average molecular weight is 2070 g/mol. The number of benzene rings is 12. The molecule has 0 aliphatic carbocycles. The SMILES string of the molecule is COc1ccc(-c2nnc3c(c(-c4cccc(OC)c4)nn3C)c2Cl)cc1.COc1cccc(-c2nn(C)c3nnc(-c4ccccc4)c(Cl)c23)c1.Cc1ccc(-c2nnc3c(c(-c4ccccc4)nn3C)c2Cl)cc1.Cc1cccc(-c2nn(C)c3nnc(-c4ccccc4)c(Cl)c23)c1.Cc1cccc(-c2nnc3c(c(-c4ccccc4)nn3C)c2Cl)c1.Cn1nc(-c2ccc(F)cc2)c2c(Cl)c(-c3ccccc3)nnc21. The molecule has 12 aromatic heterocycles. The van der Waals surface area contributed by atoms with E-state index in [2.05, 4.69) is 124 Å². The number of aryl methyl sites for hydroxylation is 9. The van der Waals surface area contributed by atoms with Crippen LogP contribution in [0, 0.1) is 26.6 Å². The quantitative estimate of drug-likeness (QED) is 0.0921. The second-order valence-corrected chi connectivity index (χ2v) is 36.6. The van der Waals surface area contributed by atoms with Crippen molar-refractivity contribution in [3.8, 4) is 152 Å². The van der Waals surface area contributed by atoms with E-state index in [9.17, 15) is 4.39 Å². The molecule has 0 radical (unpaired) electrons. The molecule has 0 N–H and O–H groups in total. The predicted molar refractivity (Wildman–Crippen MR) is 587 cm³/mol. The molecule has 24 rings (SSSR count). The Hall–Kier alpha value is -17.0. The van der Waals surface area contributed by atoms with Gasteiger partial charge >= 0.3 is 0 Å². The minimum absolute atomic E-state index is 0.296. The maximum absolute atomic E-state index is 13.2. The Kier molecular flexibility index (Phi) is 29.6. The van der Waals surface area contributed by atoms with Gasteiger partial charge < -0.3 is 14.2 Å². The molecule has 27 nitrogen and oxygen atoms in total. The van der Waals surface area contributed by atoms with Crippen LogP contribution in [-0.4, -0.2) is 141 Å². The van der Waals surface area contributed by atoms with Gasteiger partial charge in [0.2, 0.25) is 0 Å². The zero-order valence-electron chi connectivity index (χ0n) is 81.7. The minimum Gasteiger partial charge on any atom is -0.497 e. The summed E-state index contributed by atoms with van der Waals surface area (Å²) in [5, 5.41) is 87.5. The first kappa shape index (κ1) is 99.7. The Morgan fingerprint density at radius 3 is 0.642 bits per heavy atom. The maximum atomic E-state index is 13.2. The van der Waals surface area contributed by atoms with Crippen LogP contribution >= 0.6 is 69.6 Å². The van der Waals surface area contributed by atoms with Crippen LogP contribution in [0.2, 0.25) is 30.1 Å². The van der Waals surface area contributed by atoms with E-state index in [0.717, 1.165) is 145 Å². The third-order valence-corrected chi connectivity index (χ3v) is 26.7. The largest absolute Gasteiger partial charge is 0.497 e. The predicted octanol–water partition coefficient (Wildman–Crippen LogP) is 27.2. The molecule has 0 unspecified atom stereocenters. The van der Waals surface area contributed by atoms with Crippen LogP contribution in [0.1, 0.15) is 16.7 Å². The molecule has 34 heteroatoms. The van der Waals surface area contributed by atoms with Crippen LogP contribution < -0.4 is 14.2 Å². The molecule has 24 aromatic rings.